The standard InChI is InChI=1S/C31H33ClN2O5S/c1-4-15-33(22-14-10-9-13-21(22)32)29(37)27-31-19(3)17-24(40-31)25(30(38)39-16-5-2)26(31)28(36)34(27)23(18-35)20-11-7-6-8-12-20/h4-14,19,23-27,35H,1-2,15-18H2,3H3/t19?,23-,24+,25-,26+,27?,31?/m1/s1. The molecule has 2 bridgehead atoms. The van der Waals surface area contributed by atoms with Crippen LogP contribution in [0.4, 0.5) is 5.69 Å². The van der Waals surface area contributed by atoms with Crippen molar-refractivity contribution in [1.29, 1.82) is 0 Å². The molecule has 3 aliphatic heterocycles. The van der Waals surface area contributed by atoms with Crippen LogP contribution in [0.15, 0.2) is 79.9 Å². The second kappa shape index (κ2) is 11.4. The number of carbonyl (C=O) groups is 3. The predicted octanol–water partition coefficient (Wildman–Crippen LogP) is 4.66. The van der Waals surface area contributed by atoms with Gasteiger partial charge in [0.15, 0.2) is 0 Å². The summed E-state index contributed by atoms with van der Waals surface area (Å²) in [7, 11) is 0. The first kappa shape index (κ1) is 28.5. The molecule has 3 unspecified atom stereocenters. The SMILES string of the molecule is C=CCOC(=O)[C@@H]1[C@@H]2CC(C)C3(S2)C(C(=O)N(CC=C)c2ccccc2Cl)N([C@H](CO)c2ccccc2)C(=O)[C@H]13. The molecule has 0 aromatic heterocycles. The van der Waals surface area contributed by atoms with Crippen LogP contribution in [-0.2, 0) is 19.1 Å². The number of thioether (sulfide) groups is 1. The third-order valence-electron chi connectivity index (χ3n) is 8.45. The summed E-state index contributed by atoms with van der Waals surface area (Å²) in [6.45, 7) is 9.37. The molecule has 2 amide bonds. The largest absolute Gasteiger partial charge is 0.461 e. The van der Waals surface area contributed by atoms with Gasteiger partial charge in [-0.05, 0) is 30.0 Å². The zero-order chi connectivity index (χ0) is 28.6. The van der Waals surface area contributed by atoms with Gasteiger partial charge >= 0.3 is 5.97 Å². The first-order chi connectivity index (χ1) is 19.3. The minimum absolute atomic E-state index is 0.0468. The number of benzene rings is 2. The normalized spacial score (nSPS) is 29.1. The van der Waals surface area contributed by atoms with E-state index in [2.05, 4.69) is 13.2 Å². The smallest absolute Gasteiger partial charge is 0.311 e. The molecule has 2 aromatic rings. The van der Waals surface area contributed by atoms with Gasteiger partial charge in [0.25, 0.3) is 5.91 Å². The molecule has 0 aliphatic carbocycles. The molecular weight excluding hydrogens is 548 g/mol. The van der Waals surface area contributed by atoms with Gasteiger partial charge in [-0.3, -0.25) is 14.4 Å². The second-order valence-electron chi connectivity index (χ2n) is 10.5. The number of rotatable bonds is 10. The van der Waals surface area contributed by atoms with E-state index < -0.39 is 34.6 Å². The van der Waals surface area contributed by atoms with Gasteiger partial charge in [-0.2, -0.15) is 0 Å². The summed E-state index contributed by atoms with van der Waals surface area (Å²) in [5.74, 6) is -2.61. The molecule has 7 nitrogen and oxygen atoms in total. The number of anilines is 1. The van der Waals surface area contributed by atoms with Crippen molar-refractivity contribution in [3.05, 3.63) is 90.5 Å². The summed E-state index contributed by atoms with van der Waals surface area (Å²) in [6, 6.07) is 14.5. The van der Waals surface area contributed by atoms with Crippen molar-refractivity contribution in [1.82, 2.24) is 4.90 Å². The third-order valence-corrected chi connectivity index (χ3v) is 10.8. The topological polar surface area (TPSA) is 87.2 Å². The highest BCUT2D eigenvalue weighted by Crippen LogP contribution is 2.69. The fourth-order valence-electron chi connectivity index (χ4n) is 6.86. The number of ether oxygens (including phenoxy) is 1. The number of likely N-dealkylation sites (tertiary alicyclic amines) is 1. The lowest BCUT2D eigenvalue weighted by Crippen LogP contribution is -2.58. The zero-order valence-electron chi connectivity index (χ0n) is 22.3. The molecule has 3 fully saturated rings. The molecule has 9 heteroatoms. The number of hydrogen-bond acceptors (Lipinski definition) is 6. The monoisotopic (exact) mass is 580 g/mol. The lowest BCUT2D eigenvalue weighted by molar-refractivity contribution is -0.154. The van der Waals surface area contributed by atoms with E-state index in [1.165, 1.54) is 11.0 Å². The minimum Gasteiger partial charge on any atom is -0.461 e. The van der Waals surface area contributed by atoms with Crippen LogP contribution in [0.2, 0.25) is 5.02 Å². The van der Waals surface area contributed by atoms with E-state index in [-0.39, 0.29) is 42.7 Å². The molecule has 7 atom stereocenters. The zero-order valence-corrected chi connectivity index (χ0v) is 23.9. The van der Waals surface area contributed by atoms with Crippen LogP contribution in [0.5, 0.6) is 0 Å². The predicted molar refractivity (Wildman–Crippen MR) is 157 cm³/mol. The highest BCUT2D eigenvalue weighted by atomic mass is 35.5. The number of aliphatic hydroxyl groups excluding tert-OH is 1. The van der Waals surface area contributed by atoms with Gasteiger partial charge in [-0.1, -0.05) is 79.7 Å². The van der Waals surface area contributed by atoms with Crippen LogP contribution in [0, 0.1) is 17.8 Å². The lowest BCUT2D eigenvalue weighted by atomic mass is 9.66. The molecule has 2 aromatic carbocycles. The molecule has 40 heavy (non-hydrogen) atoms. The maximum Gasteiger partial charge on any atom is 0.311 e. The molecule has 210 valence electrons. The van der Waals surface area contributed by atoms with Crippen molar-refractivity contribution in [3.63, 3.8) is 0 Å². The molecule has 3 saturated heterocycles. The number of esters is 1. The average molecular weight is 581 g/mol. The van der Waals surface area contributed by atoms with Crippen molar-refractivity contribution < 1.29 is 24.2 Å². The minimum atomic E-state index is -0.958. The lowest BCUT2D eigenvalue weighted by Gasteiger charge is -2.42. The molecule has 3 heterocycles. The van der Waals surface area contributed by atoms with Crippen molar-refractivity contribution in [3.8, 4) is 0 Å². The van der Waals surface area contributed by atoms with Gasteiger partial charge in [-0.25, -0.2) is 0 Å². The first-order valence-corrected chi connectivity index (χ1v) is 14.7. The van der Waals surface area contributed by atoms with E-state index in [9.17, 15) is 19.5 Å². The third kappa shape index (κ3) is 4.37. The number of nitrogens with zero attached hydrogens (tertiary/aromatic N) is 2. The van der Waals surface area contributed by atoms with Crippen LogP contribution in [0.3, 0.4) is 0 Å². The van der Waals surface area contributed by atoms with Gasteiger partial charge in [-0.15, -0.1) is 18.3 Å². The van der Waals surface area contributed by atoms with Crippen LogP contribution in [0.25, 0.3) is 0 Å². The Hall–Kier alpha value is -3.07. The van der Waals surface area contributed by atoms with Crippen LogP contribution in [0.1, 0.15) is 24.9 Å². The van der Waals surface area contributed by atoms with E-state index in [0.717, 1.165) is 0 Å². The molecular formula is C31H33ClN2O5S. The Labute approximate surface area is 243 Å². The van der Waals surface area contributed by atoms with Gasteiger partial charge in [0.1, 0.15) is 12.6 Å². The summed E-state index contributed by atoms with van der Waals surface area (Å²) in [4.78, 5) is 45.8. The van der Waals surface area contributed by atoms with E-state index >= 15 is 0 Å². The summed E-state index contributed by atoms with van der Waals surface area (Å²) in [6.07, 6.45) is 3.79. The highest BCUT2D eigenvalue weighted by Gasteiger charge is 2.77. The summed E-state index contributed by atoms with van der Waals surface area (Å²) in [5.41, 5.74) is 1.22. The van der Waals surface area contributed by atoms with Crippen LogP contribution >= 0.6 is 23.4 Å². The molecule has 1 spiro atoms. The Kier molecular flexibility index (Phi) is 8.13. The Morgan fingerprint density at radius 2 is 1.90 bits per heavy atom. The van der Waals surface area contributed by atoms with Crippen molar-refractivity contribution in [2.24, 2.45) is 17.8 Å². The van der Waals surface area contributed by atoms with Gasteiger partial charge in [0, 0.05) is 11.8 Å². The Balaban J connectivity index is 1.68. The molecule has 0 radical (unpaired) electrons. The summed E-state index contributed by atoms with van der Waals surface area (Å²) < 4.78 is 4.58. The maximum atomic E-state index is 14.8. The number of fused-ring (bicyclic) bond motifs is 1. The Morgan fingerprint density at radius 1 is 1.20 bits per heavy atom. The maximum absolute atomic E-state index is 14.8. The van der Waals surface area contributed by atoms with Gasteiger partial charge in [0.2, 0.25) is 5.91 Å². The number of hydrogen-bond donors (Lipinski definition) is 1. The number of carbonyl (C=O) groups excluding carboxylic acids is 3. The summed E-state index contributed by atoms with van der Waals surface area (Å²) >= 11 is 8.12. The quantitative estimate of drug-likeness (QED) is 0.325. The molecule has 1 N–H and O–H groups in total. The van der Waals surface area contributed by atoms with Crippen LogP contribution in [-0.4, -0.2) is 63.6 Å². The second-order valence-corrected chi connectivity index (χ2v) is 12.5. The molecule has 0 saturated carbocycles. The first-order valence-electron chi connectivity index (χ1n) is 13.4. The van der Waals surface area contributed by atoms with Gasteiger partial charge in [0.05, 0.1) is 39.9 Å². The number of amides is 2. The van der Waals surface area contributed by atoms with Crippen molar-refractivity contribution >= 4 is 46.8 Å². The van der Waals surface area contributed by atoms with Crippen molar-refractivity contribution in [2.45, 2.75) is 35.4 Å². The number of aliphatic hydroxyl groups is 1. The fourth-order valence-corrected chi connectivity index (χ4v) is 9.49. The summed E-state index contributed by atoms with van der Waals surface area (Å²) in [5, 5.41) is 10.9. The Morgan fingerprint density at radius 3 is 2.55 bits per heavy atom. The van der Waals surface area contributed by atoms with Crippen molar-refractivity contribution in [2.75, 3.05) is 24.7 Å². The number of halogens is 1. The molecule has 5 rings (SSSR count). The van der Waals surface area contributed by atoms with E-state index in [4.69, 9.17) is 16.3 Å². The fraction of sp³-hybridized carbons (Fsp3) is 0.387. The average Bonchev–Trinajstić information content (AvgIpc) is 3.55. The van der Waals surface area contributed by atoms with Crippen LogP contribution < -0.4 is 4.90 Å². The van der Waals surface area contributed by atoms with Gasteiger partial charge < -0.3 is 19.6 Å². The van der Waals surface area contributed by atoms with E-state index in [0.29, 0.717) is 22.7 Å². The number of para-hydroxylation sites is 1. The molecule has 3 aliphatic rings. The van der Waals surface area contributed by atoms with E-state index in [1.807, 2.05) is 37.3 Å². The Bertz CT molecular complexity index is 1320. The van der Waals surface area contributed by atoms with E-state index in [1.54, 1.807) is 47.0 Å². The highest BCUT2D eigenvalue weighted by molar-refractivity contribution is 8.02.